The van der Waals surface area contributed by atoms with Gasteiger partial charge in [0.15, 0.2) is 4.67 Å². The van der Waals surface area contributed by atoms with E-state index in [4.69, 9.17) is 9.15 Å². The van der Waals surface area contributed by atoms with Gasteiger partial charge in [-0.2, -0.15) is 0 Å². The molecule has 0 aliphatic carbocycles. The number of anilines is 1. The molecule has 0 N–H and O–H groups in total. The van der Waals surface area contributed by atoms with E-state index in [0.717, 1.165) is 5.69 Å². The zero-order chi connectivity index (χ0) is 13.1. The van der Waals surface area contributed by atoms with Crippen molar-refractivity contribution in [2.45, 2.75) is 0 Å². The van der Waals surface area contributed by atoms with Crippen LogP contribution in [0.15, 0.2) is 45.7 Å². The summed E-state index contributed by atoms with van der Waals surface area (Å²) >= 11 is 3.20. The van der Waals surface area contributed by atoms with Crippen molar-refractivity contribution in [3.8, 4) is 5.75 Å². The summed E-state index contributed by atoms with van der Waals surface area (Å²) in [7, 11) is 3.30. The molecule has 0 saturated carbocycles. The van der Waals surface area contributed by atoms with Gasteiger partial charge < -0.3 is 14.1 Å². The van der Waals surface area contributed by atoms with Crippen LogP contribution in [0.2, 0.25) is 0 Å². The van der Waals surface area contributed by atoms with Gasteiger partial charge in [-0.05, 0) is 34.1 Å². The minimum Gasteiger partial charge on any atom is -0.497 e. The molecule has 94 valence electrons. The number of carbonyl (C=O) groups is 1. The predicted molar refractivity (Wildman–Crippen MR) is 72.1 cm³/mol. The largest absolute Gasteiger partial charge is 0.497 e. The van der Waals surface area contributed by atoms with Crippen molar-refractivity contribution >= 4 is 27.5 Å². The van der Waals surface area contributed by atoms with Crippen molar-refractivity contribution in [2.75, 3.05) is 19.1 Å². The number of rotatable bonds is 3. The van der Waals surface area contributed by atoms with Crippen LogP contribution >= 0.6 is 15.9 Å². The molecule has 2 rings (SSSR count). The van der Waals surface area contributed by atoms with E-state index < -0.39 is 0 Å². The summed E-state index contributed by atoms with van der Waals surface area (Å²) in [6.07, 6.45) is 1.47. The lowest BCUT2D eigenvalue weighted by Gasteiger charge is -2.17. The van der Waals surface area contributed by atoms with E-state index in [9.17, 15) is 4.79 Å². The third-order valence-corrected chi connectivity index (χ3v) is 3.21. The molecule has 5 heteroatoms. The Morgan fingerprint density at radius 2 is 2.17 bits per heavy atom. The molecule has 0 aliphatic rings. The highest BCUT2D eigenvalue weighted by molar-refractivity contribution is 9.10. The lowest BCUT2D eigenvalue weighted by atomic mass is 10.2. The van der Waals surface area contributed by atoms with E-state index in [-0.39, 0.29) is 5.91 Å². The summed E-state index contributed by atoms with van der Waals surface area (Å²) in [6, 6.07) is 8.93. The lowest BCUT2D eigenvalue weighted by molar-refractivity contribution is 0.0991. The quantitative estimate of drug-likeness (QED) is 0.873. The van der Waals surface area contributed by atoms with Gasteiger partial charge in [0, 0.05) is 18.8 Å². The highest BCUT2D eigenvalue weighted by atomic mass is 79.9. The molecule has 0 bridgehead atoms. The fraction of sp³-hybridized carbons (Fsp3) is 0.154. The summed E-state index contributed by atoms with van der Waals surface area (Å²) < 4.78 is 10.6. The highest BCUT2D eigenvalue weighted by Crippen LogP contribution is 2.24. The van der Waals surface area contributed by atoms with Crippen LogP contribution in [0.3, 0.4) is 0 Å². The van der Waals surface area contributed by atoms with E-state index in [1.807, 2.05) is 18.2 Å². The van der Waals surface area contributed by atoms with Crippen LogP contribution in [0.5, 0.6) is 5.75 Å². The topological polar surface area (TPSA) is 42.7 Å². The van der Waals surface area contributed by atoms with Gasteiger partial charge in [-0.1, -0.05) is 6.07 Å². The van der Waals surface area contributed by atoms with Crippen LogP contribution in [0.4, 0.5) is 5.69 Å². The Bertz CT molecular complexity index is 565. The average Bonchev–Trinajstić information content (AvgIpc) is 2.83. The summed E-state index contributed by atoms with van der Waals surface area (Å²) in [6.45, 7) is 0. The molecule has 0 fully saturated rings. The molecule has 0 spiro atoms. The lowest BCUT2D eigenvalue weighted by Crippen LogP contribution is -2.26. The van der Waals surface area contributed by atoms with Crippen molar-refractivity contribution in [2.24, 2.45) is 0 Å². The van der Waals surface area contributed by atoms with E-state index >= 15 is 0 Å². The molecule has 1 heterocycles. The van der Waals surface area contributed by atoms with Crippen molar-refractivity contribution in [3.05, 3.63) is 46.8 Å². The number of halogens is 1. The normalized spacial score (nSPS) is 10.2. The van der Waals surface area contributed by atoms with Crippen LogP contribution < -0.4 is 9.64 Å². The van der Waals surface area contributed by atoms with Crippen molar-refractivity contribution in [1.82, 2.24) is 0 Å². The first-order valence-corrected chi connectivity index (χ1v) is 6.08. The van der Waals surface area contributed by atoms with Crippen molar-refractivity contribution in [3.63, 3.8) is 0 Å². The minimum atomic E-state index is -0.149. The van der Waals surface area contributed by atoms with E-state index in [2.05, 4.69) is 15.9 Å². The molecule has 2 aromatic rings. The molecule has 1 amide bonds. The molecule has 18 heavy (non-hydrogen) atoms. The summed E-state index contributed by atoms with van der Waals surface area (Å²) in [5.74, 6) is 0.558. The Hall–Kier alpha value is -1.75. The number of methoxy groups -OCH3 is 1. The van der Waals surface area contributed by atoms with Gasteiger partial charge in [0.25, 0.3) is 5.91 Å². The molecule has 4 nitrogen and oxygen atoms in total. The zero-order valence-corrected chi connectivity index (χ0v) is 11.6. The molecular weight excluding hydrogens is 298 g/mol. The van der Waals surface area contributed by atoms with Crippen LogP contribution in [-0.4, -0.2) is 20.1 Å². The van der Waals surface area contributed by atoms with Crippen LogP contribution in [0.1, 0.15) is 10.4 Å². The molecular formula is C13H12BrNO3. The van der Waals surface area contributed by atoms with Gasteiger partial charge in [0.05, 0.1) is 18.9 Å². The zero-order valence-electron chi connectivity index (χ0n) is 10.0. The van der Waals surface area contributed by atoms with Gasteiger partial charge >= 0.3 is 0 Å². The minimum absolute atomic E-state index is 0.149. The Morgan fingerprint density at radius 3 is 2.78 bits per heavy atom. The SMILES string of the molecule is COc1cccc(N(C)C(=O)c2ccoc2Br)c1. The molecule has 0 atom stereocenters. The molecule has 0 saturated heterocycles. The number of furan rings is 1. The maximum absolute atomic E-state index is 12.2. The number of carbonyl (C=O) groups excluding carboxylic acids is 1. The van der Waals surface area contributed by atoms with E-state index in [0.29, 0.717) is 16.0 Å². The first-order valence-electron chi connectivity index (χ1n) is 5.28. The summed E-state index contributed by atoms with van der Waals surface area (Å²) in [4.78, 5) is 13.8. The van der Waals surface area contributed by atoms with Crippen LogP contribution in [0, 0.1) is 0 Å². The number of nitrogens with zero attached hydrogens (tertiary/aromatic N) is 1. The second-order valence-corrected chi connectivity index (χ2v) is 4.39. The number of amides is 1. The van der Waals surface area contributed by atoms with Crippen LogP contribution in [-0.2, 0) is 0 Å². The average molecular weight is 310 g/mol. The molecule has 0 radical (unpaired) electrons. The molecule has 0 unspecified atom stereocenters. The molecule has 1 aromatic heterocycles. The number of hydrogen-bond acceptors (Lipinski definition) is 3. The van der Waals surface area contributed by atoms with Crippen LogP contribution in [0.25, 0.3) is 0 Å². The second kappa shape index (κ2) is 5.27. The molecule has 0 aliphatic heterocycles. The van der Waals surface area contributed by atoms with Gasteiger partial charge in [-0.25, -0.2) is 0 Å². The molecule has 1 aromatic carbocycles. The second-order valence-electron chi connectivity index (χ2n) is 3.67. The van der Waals surface area contributed by atoms with Gasteiger partial charge in [-0.3, -0.25) is 4.79 Å². The monoisotopic (exact) mass is 309 g/mol. The Balaban J connectivity index is 2.28. The van der Waals surface area contributed by atoms with Gasteiger partial charge in [0.2, 0.25) is 0 Å². The highest BCUT2D eigenvalue weighted by Gasteiger charge is 2.18. The smallest absolute Gasteiger partial charge is 0.262 e. The Kier molecular flexibility index (Phi) is 3.72. The van der Waals surface area contributed by atoms with Crippen molar-refractivity contribution in [1.29, 1.82) is 0 Å². The number of ether oxygens (including phenoxy) is 1. The van der Waals surface area contributed by atoms with E-state index in [1.54, 1.807) is 26.3 Å². The maximum Gasteiger partial charge on any atom is 0.262 e. The van der Waals surface area contributed by atoms with Crippen molar-refractivity contribution < 1.29 is 13.9 Å². The summed E-state index contributed by atoms with van der Waals surface area (Å²) in [5.41, 5.74) is 1.24. The third kappa shape index (κ3) is 2.41. The number of benzene rings is 1. The Morgan fingerprint density at radius 1 is 1.39 bits per heavy atom. The predicted octanol–water partition coefficient (Wildman–Crippen LogP) is 3.33. The first kappa shape index (κ1) is 12.7. The van der Waals surface area contributed by atoms with E-state index in [1.165, 1.54) is 11.2 Å². The van der Waals surface area contributed by atoms with Gasteiger partial charge in [0.1, 0.15) is 5.75 Å². The number of hydrogen-bond donors (Lipinski definition) is 0. The standard InChI is InChI=1S/C13H12BrNO3/c1-15(9-4-3-5-10(8-9)17-2)13(16)11-6-7-18-12(11)14/h3-8H,1-2H3. The first-order chi connectivity index (χ1) is 8.63. The summed E-state index contributed by atoms with van der Waals surface area (Å²) in [5, 5.41) is 0. The maximum atomic E-state index is 12.2. The van der Waals surface area contributed by atoms with Gasteiger partial charge in [-0.15, -0.1) is 0 Å². The third-order valence-electron chi connectivity index (χ3n) is 2.59. The fourth-order valence-corrected chi connectivity index (χ4v) is 1.97. The fourth-order valence-electron chi connectivity index (χ4n) is 1.56. The Labute approximate surface area is 113 Å².